The number of benzene rings is 2. The number of carbonyl (C=O) groups is 1. The molecule has 0 bridgehead atoms. The number of aromatic nitrogens is 1. The molecule has 1 aromatic heterocycles. The normalized spacial score (nSPS) is 11.8. The van der Waals surface area contributed by atoms with Crippen molar-refractivity contribution in [2.75, 3.05) is 7.11 Å². The van der Waals surface area contributed by atoms with Gasteiger partial charge in [0.05, 0.1) is 17.3 Å². The summed E-state index contributed by atoms with van der Waals surface area (Å²) in [5.74, 6) is -1.17. The van der Waals surface area contributed by atoms with Crippen molar-refractivity contribution >= 4 is 39.2 Å². The number of allylic oxidation sites excluding steroid dienone is 1. The molecule has 0 fully saturated rings. The van der Waals surface area contributed by atoms with Crippen LogP contribution in [0.3, 0.4) is 0 Å². The highest BCUT2D eigenvalue weighted by Gasteiger charge is 2.16. The lowest BCUT2D eigenvalue weighted by Gasteiger charge is -2.13. The Bertz CT molecular complexity index is 983. The fraction of sp³-hybridized carbons (Fsp3) is 0.200. The first-order chi connectivity index (χ1) is 13.5. The Morgan fingerprint density at radius 2 is 2.00 bits per heavy atom. The standard InChI is InChI=1S/C20H17F2NO4S/c1-26-15-7-4-5-12(18(15)27-20(21)22)11-13(9-10-17(24)25)19-23-14-6-2-3-8-16(14)28-19/h2-8,11,20H,9-10H2,1H3,(H,24,25)/p-1/b13-11+. The molecule has 5 nitrogen and oxygen atoms in total. The van der Waals surface area contributed by atoms with E-state index in [1.54, 1.807) is 18.2 Å². The molecule has 1 heterocycles. The van der Waals surface area contributed by atoms with Crippen LogP contribution < -0.4 is 14.6 Å². The second kappa shape index (κ2) is 8.79. The molecule has 146 valence electrons. The van der Waals surface area contributed by atoms with Gasteiger partial charge in [0, 0.05) is 11.5 Å². The molecule has 28 heavy (non-hydrogen) atoms. The molecule has 0 unspecified atom stereocenters. The van der Waals surface area contributed by atoms with E-state index in [1.807, 2.05) is 24.3 Å². The van der Waals surface area contributed by atoms with E-state index in [0.29, 0.717) is 16.1 Å². The Kier molecular flexibility index (Phi) is 6.20. The second-order valence-electron chi connectivity index (χ2n) is 5.79. The molecule has 3 rings (SSSR count). The van der Waals surface area contributed by atoms with Gasteiger partial charge >= 0.3 is 6.61 Å². The van der Waals surface area contributed by atoms with E-state index < -0.39 is 12.6 Å². The molecule has 0 N–H and O–H groups in total. The zero-order chi connectivity index (χ0) is 20.1. The van der Waals surface area contributed by atoms with Gasteiger partial charge in [0.1, 0.15) is 5.01 Å². The number of thiazole rings is 1. The van der Waals surface area contributed by atoms with Gasteiger partial charge in [-0.05, 0) is 42.7 Å². The maximum Gasteiger partial charge on any atom is 0.387 e. The average molecular weight is 404 g/mol. The third-order valence-corrected chi connectivity index (χ3v) is 5.04. The predicted octanol–water partition coefficient (Wildman–Crippen LogP) is 3.98. The fourth-order valence-corrected chi connectivity index (χ4v) is 3.71. The van der Waals surface area contributed by atoms with Crippen LogP contribution in [-0.4, -0.2) is 24.7 Å². The first-order valence-corrected chi connectivity index (χ1v) is 9.17. The fourth-order valence-electron chi connectivity index (χ4n) is 2.70. The van der Waals surface area contributed by atoms with E-state index >= 15 is 0 Å². The first-order valence-electron chi connectivity index (χ1n) is 8.36. The van der Waals surface area contributed by atoms with Gasteiger partial charge in [-0.25, -0.2) is 4.98 Å². The molecule has 0 spiro atoms. The van der Waals surface area contributed by atoms with Crippen LogP contribution in [0.1, 0.15) is 23.4 Å². The summed E-state index contributed by atoms with van der Waals surface area (Å²) in [6.07, 6.45) is 1.51. The van der Waals surface area contributed by atoms with Crippen molar-refractivity contribution in [3.05, 3.63) is 53.0 Å². The Hall–Kier alpha value is -3.00. The zero-order valence-electron chi connectivity index (χ0n) is 14.9. The monoisotopic (exact) mass is 404 g/mol. The summed E-state index contributed by atoms with van der Waals surface area (Å²) in [6, 6.07) is 12.2. The minimum Gasteiger partial charge on any atom is -0.550 e. The lowest BCUT2D eigenvalue weighted by molar-refractivity contribution is -0.305. The molecular weight excluding hydrogens is 388 g/mol. The molecule has 0 saturated carbocycles. The smallest absolute Gasteiger partial charge is 0.387 e. The van der Waals surface area contributed by atoms with Crippen LogP contribution in [0.15, 0.2) is 42.5 Å². The van der Waals surface area contributed by atoms with Crippen molar-refractivity contribution in [3.8, 4) is 11.5 Å². The number of aliphatic carboxylic acids is 1. The molecule has 8 heteroatoms. The van der Waals surface area contributed by atoms with Gasteiger partial charge in [0.2, 0.25) is 0 Å². The van der Waals surface area contributed by atoms with Gasteiger partial charge in [-0.3, -0.25) is 0 Å². The molecule has 3 aromatic rings. The highest BCUT2D eigenvalue weighted by molar-refractivity contribution is 7.19. The number of nitrogens with zero attached hydrogens (tertiary/aromatic N) is 1. The zero-order valence-corrected chi connectivity index (χ0v) is 15.7. The quantitative estimate of drug-likeness (QED) is 0.568. The van der Waals surface area contributed by atoms with Crippen LogP contribution in [-0.2, 0) is 4.79 Å². The molecule has 0 aliphatic heterocycles. The number of carbonyl (C=O) groups excluding carboxylic acids is 1. The predicted molar refractivity (Wildman–Crippen MR) is 101 cm³/mol. The third-order valence-electron chi connectivity index (χ3n) is 3.93. The van der Waals surface area contributed by atoms with Crippen molar-refractivity contribution in [2.24, 2.45) is 0 Å². The third kappa shape index (κ3) is 4.64. The van der Waals surface area contributed by atoms with E-state index in [-0.39, 0.29) is 24.3 Å². The number of para-hydroxylation sites is 2. The van der Waals surface area contributed by atoms with Crippen LogP contribution in [0.25, 0.3) is 21.9 Å². The van der Waals surface area contributed by atoms with Gasteiger partial charge in [0.15, 0.2) is 11.5 Å². The molecular formula is C20H16F2NO4S-. The van der Waals surface area contributed by atoms with Gasteiger partial charge in [-0.2, -0.15) is 8.78 Å². The molecule has 0 radical (unpaired) electrons. The van der Waals surface area contributed by atoms with Gasteiger partial charge in [-0.1, -0.05) is 24.3 Å². The van der Waals surface area contributed by atoms with Gasteiger partial charge in [-0.15, -0.1) is 11.3 Å². The molecule has 2 aromatic carbocycles. The molecule has 0 atom stereocenters. The summed E-state index contributed by atoms with van der Waals surface area (Å²) in [4.78, 5) is 15.5. The van der Waals surface area contributed by atoms with Gasteiger partial charge < -0.3 is 19.4 Å². The van der Waals surface area contributed by atoms with E-state index in [4.69, 9.17) is 4.74 Å². The molecule has 0 amide bonds. The van der Waals surface area contributed by atoms with Crippen LogP contribution in [0.4, 0.5) is 8.78 Å². The topological polar surface area (TPSA) is 71.5 Å². The summed E-state index contributed by atoms with van der Waals surface area (Å²) < 4.78 is 36.4. The number of hydrogen-bond acceptors (Lipinski definition) is 6. The number of rotatable bonds is 8. The second-order valence-corrected chi connectivity index (χ2v) is 6.82. The van der Waals surface area contributed by atoms with Crippen molar-refractivity contribution in [1.29, 1.82) is 0 Å². The lowest BCUT2D eigenvalue weighted by Crippen LogP contribution is -2.21. The lowest BCUT2D eigenvalue weighted by atomic mass is 10.1. The number of methoxy groups -OCH3 is 1. The van der Waals surface area contributed by atoms with E-state index in [9.17, 15) is 18.7 Å². The van der Waals surface area contributed by atoms with E-state index in [1.165, 1.54) is 24.5 Å². The summed E-state index contributed by atoms with van der Waals surface area (Å²) in [5, 5.41) is 11.6. The van der Waals surface area contributed by atoms with Crippen molar-refractivity contribution < 1.29 is 28.2 Å². The Morgan fingerprint density at radius 3 is 2.68 bits per heavy atom. The highest BCUT2D eigenvalue weighted by Crippen LogP contribution is 2.37. The summed E-state index contributed by atoms with van der Waals surface area (Å²) >= 11 is 1.39. The Morgan fingerprint density at radius 1 is 1.21 bits per heavy atom. The molecule has 0 aliphatic carbocycles. The number of halogens is 2. The first kappa shape index (κ1) is 19.8. The minimum atomic E-state index is -3.03. The van der Waals surface area contributed by atoms with E-state index in [2.05, 4.69) is 9.72 Å². The minimum absolute atomic E-state index is 0.118. The number of ether oxygens (including phenoxy) is 2. The number of carboxylic acids is 1. The number of hydrogen-bond donors (Lipinski definition) is 0. The van der Waals surface area contributed by atoms with Crippen LogP contribution >= 0.6 is 11.3 Å². The Balaban J connectivity index is 2.09. The largest absolute Gasteiger partial charge is 0.550 e. The molecule has 0 aliphatic rings. The summed E-state index contributed by atoms with van der Waals surface area (Å²) in [5.41, 5.74) is 1.70. The summed E-state index contributed by atoms with van der Waals surface area (Å²) in [6.45, 7) is -3.03. The van der Waals surface area contributed by atoms with E-state index in [0.717, 1.165) is 10.2 Å². The van der Waals surface area contributed by atoms with Gasteiger partial charge in [0.25, 0.3) is 0 Å². The SMILES string of the molecule is COc1cccc(/C=C(\CCC(=O)[O-])c2nc3ccccc3s2)c1OC(F)F. The average Bonchev–Trinajstić information content (AvgIpc) is 3.09. The Labute approximate surface area is 163 Å². The highest BCUT2D eigenvalue weighted by atomic mass is 32.1. The number of fused-ring (bicyclic) bond motifs is 1. The van der Waals surface area contributed by atoms with Crippen LogP contribution in [0, 0.1) is 0 Å². The van der Waals surface area contributed by atoms with Crippen molar-refractivity contribution in [3.63, 3.8) is 0 Å². The number of alkyl halides is 2. The van der Waals surface area contributed by atoms with Crippen LogP contribution in [0.2, 0.25) is 0 Å². The van der Waals surface area contributed by atoms with Crippen molar-refractivity contribution in [2.45, 2.75) is 19.5 Å². The number of carboxylic acid groups (broad SMARTS) is 1. The maximum absolute atomic E-state index is 12.9. The molecule has 0 saturated heterocycles. The maximum atomic E-state index is 12.9. The van der Waals surface area contributed by atoms with Crippen LogP contribution in [0.5, 0.6) is 11.5 Å². The van der Waals surface area contributed by atoms with Crippen molar-refractivity contribution in [1.82, 2.24) is 4.98 Å². The summed E-state index contributed by atoms with van der Waals surface area (Å²) in [7, 11) is 1.35.